The zero-order valence-electron chi connectivity index (χ0n) is 12.5. The zero-order valence-corrected chi connectivity index (χ0v) is 12.5. The molecule has 0 saturated carbocycles. The molecule has 0 aromatic carbocycles. The molecule has 0 bridgehead atoms. The first kappa shape index (κ1) is 16.9. The summed E-state index contributed by atoms with van der Waals surface area (Å²) in [5.74, 6) is 0.330. The van der Waals surface area contributed by atoms with Gasteiger partial charge in [-0.2, -0.15) is 0 Å². The lowest BCUT2D eigenvalue weighted by Crippen LogP contribution is -2.46. The Morgan fingerprint density at radius 1 is 1.21 bits per heavy atom. The molecule has 1 heterocycles. The molecule has 0 spiro atoms. The first-order valence-electron chi connectivity index (χ1n) is 7.81. The maximum absolute atomic E-state index is 10.2. The largest absolute Gasteiger partial charge is 0.396 e. The molecule has 0 aromatic rings. The van der Waals surface area contributed by atoms with Crippen LogP contribution in [0.3, 0.4) is 0 Å². The summed E-state index contributed by atoms with van der Waals surface area (Å²) in [5.41, 5.74) is 0. The summed E-state index contributed by atoms with van der Waals surface area (Å²) >= 11 is 0. The summed E-state index contributed by atoms with van der Waals surface area (Å²) in [7, 11) is 0. The van der Waals surface area contributed by atoms with Gasteiger partial charge in [0.05, 0.1) is 12.2 Å². The number of aliphatic hydroxyl groups excluding tert-OH is 3. The number of unbranched alkanes of at least 4 members (excludes halogenated alkanes) is 3. The minimum Gasteiger partial charge on any atom is -0.396 e. The van der Waals surface area contributed by atoms with Crippen LogP contribution in [0.2, 0.25) is 0 Å². The Labute approximate surface area is 117 Å². The molecule has 0 radical (unpaired) electrons. The molecule has 3 N–H and O–H groups in total. The van der Waals surface area contributed by atoms with Gasteiger partial charge in [0.1, 0.15) is 0 Å². The zero-order chi connectivity index (χ0) is 14.3. The van der Waals surface area contributed by atoms with Crippen LogP contribution in [0, 0.1) is 5.92 Å². The van der Waals surface area contributed by atoms with E-state index >= 15 is 0 Å². The van der Waals surface area contributed by atoms with Crippen LogP contribution in [0.15, 0.2) is 0 Å². The Morgan fingerprint density at radius 3 is 2.53 bits per heavy atom. The molecular formula is C15H31NO3. The monoisotopic (exact) mass is 273 g/mol. The van der Waals surface area contributed by atoms with Gasteiger partial charge in [0.2, 0.25) is 0 Å². The van der Waals surface area contributed by atoms with Crippen LogP contribution in [0.4, 0.5) is 0 Å². The fraction of sp³-hybridized carbons (Fsp3) is 1.00. The minimum absolute atomic E-state index is 0.0299. The normalized spacial score (nSPS) is 25.4. The van der Waals surface area contributed by atoms with Crippen molar-refractivity contribution in [3.8, 4) is 0 Å². The van der Waals surface area contributed by atoms with Crippen LogP contribution in [-0.4, -0.2) is 58.2 Å². The lowest BCUT2D eigenvalue weighted by atomic mass is 10.00. The number of likely N-dealkylation sites (tertiary alicyclic amines) is 1. The fourth-order valence-electron chi connectivity index (χ4n) is 2.87. The van der Waals surface area contributed by atoms with E-state index in [1.165, 1.54) is 12.8 Å². The number of hydrogen-bond donors (Lipinski definition) is 3. The molecular weight excluding hydrogens is 242 g/mol. The Kier molecular flexibility index (Phi) is 7.91. The topological polar surface area (TPSA) is 63.9 Å². The average molecular weight is 273 g/mol. The summed E-state index contributed by atoms with van der Waals surface area (Å²) in [4.78, 5) is 2.18. The second-order valence-electron chi connectivity index (χ2n) is 5.98. The molecule has 4 nitrogen and oxygen atoms in total. The van der Waals surface area contributed by atoms with Gasteiger partial charge in [-0.15, -0.1) is 0 Å². The predicted molar refractivity (Wildman–Crippen MR) is 77.0 cm³/mol. The molecule has 1 saturated heterocycles. The molecule has 4 heteroatoms. The van der Waals surface area contributed by atoms with Gasteiger partial charge in [-0.1, -0.05) is 32.6 Å². The van der Waals surface area contributed by atoms with E-state index in [0.29, 0.717) is 12.3 Å². The van der Waals surface area contributed by atoms with Crippen molar-refractivity contribution in [1.29, 1.82) is 0 Å². The smallest absolute Gasteiger partial charge is 0.0951 e. The Hall–Kier alpha value is -0.160. The van der Waals surface area contributed by atoms with Crippen LogP contribution in [0.5, 0.6) is 0 Å². The minimum atomic E-state index is -0.681. The predicted octanol–water partition coefficient (Wildman–Crippen LogP) is 1.38. The SMILES string of the molecule is CCCCCC[C@@H](O)[C@@H](O)[C@@H](C)N1CC[C@@H](CO)C1. The van der Waals surface area contributed by atoms with Crippen LogP contribution >= 0.6 is 0 Å². The number of rotatable bonds is 9. The summed E-state index contributed by atoms with van der Waals surface area (Å²) < 4.78 is 0. The Bertz CT molecular complexity index is 237. The average Bonchev–Trinajstić information content (AvgIpc) is 2.90. The van der Waals surface area contributed by atoms with Crippen LogP contribution in [0.25, 0.3) is 0 Å². The molecule has 1 aliphatic heterocycles. The van der Waals surface area contributed by atoms with Crippen molar-refractivity contribution in [1.82, 2.24) is 4.90 Å². The van der Waals surface area contributed by atoms with E-state index in [4.69, 9.17) is 5.11 Å². The second kappa shape index (κ2) is 8.90. The highest BCUT2D eigenvalue weighted by molar-refractivity contribution is 4.85. The van der Waals surface area contributed by atoms with E-state index in [1.807, 2.05) is 6.92 Å². The van der Waals surface area contributed by atoms with E-state index in [1.54, 1.807) is 0 Å². The van der Waals surface area contributed by atoms with Crippen molar-refractivity contribution in [2.45, 2.75) is 70.6 Å². The quantitative estimate of drug-likeness (QED) is 0.555. The summed E-state index contributed by atoms with van der Waals surface area (Å²) in [5, 5.41) is 29.4. The molecule has 1 aliphatic rings. The third-order valence-corrected chi connectivity index (χ3v) is 4.39. The van der Waals surface area contributed by atoms with Gasteiger partial charge in [-0.05, 0) is 32.2 Å². The second-order valence-corrected chi connectivity index (χ2v) is 5.98. The van der Waals surface area contributed by atoms with Crippen molar-refractivity contribution >= 4 is 0 Å². The number of aliphatic hydroxyl groups is 3. The van der Waals surface area contributed by atoms with Crippen molar-refractivity contribution < 1.29 is 15.3 Å². The lowest BCUT2D eigenvalue weighted by Gasteiger charge is -2.31. The molecule has 19 heavy (non-hydrogen) atoms. The van der Waals surface area contributed by atoms with Gasteiger partial charge < -0.3 is 15.3 Å². The molecule has 0 unspecified atom stereocenters. The highest BCUT2D eigenvalue weighted by Gasteiger charge is 2.32. The van der Waals surface area contributed by atoms with Gasteiger partial charge in [-0.3, -0.25) is 4.90 Å². The molecule has 0 aromatic heterocycles. The van der Waals surface area contributed by atoms with E-state index in [2.05, 4.69) is 11.8 Å². The van der Waals surface area contributed by atoms with E-state index in [9.17, 15) is 10.2 Å². The van der Waals surface area contributed by atoms with Crippen molar-refractivity contribution in [3.05, 3.63) is 0 Å². The van der Waals surface area contributed by atoms with Crippen LogP contribution in [0.1, 0.15) is 52.4 Å². The standard InChI is InChI=1S/C15H31NO3/c1-3-4-5-6-7-14(18)15(19)12(2)16-9-8-13(10-16)11-17/h12-15,17-19H,3-11H2,1-2H3/t12-,13-,14-,15+/m1/s1. The molecule has 4 atom stereocenters. The van der Waals surface area contributed by atoms with Crippen molar-refractivity contribution in [2.24, 2.45) is 5.92 Å². The third-order valence-electron chi connectivity index (χ3n) is 4.39. The van der Waals surface area contributed by atoms with E-state index < -0.39 is 12.2 Å². The van der Waals surface area contributed by atoms with E-state index in [-0.39, 0.29) is 12.6 Å². The summed E-state index contributed by atoms with van der Waals surface area (Å²) in [6, 6.07) is -0.0299. The fourth-order valence-corrected chi connectivity index (χ4v) is 2.87. The molecule has 0 amide bonds. The molecule has 114 valence electrons. The number of hydrogen-bond acceptors (Lipinski definition) is 4. The van der Waals surface area contributed by atoms with Crippen molar-refractivity contribution in [2.75, 3.05) is 19.7 Å². The third kappa shape index (κ3) is 5.38. The summed E-state index contributed by atoms with van der Waals surface area (Å²) in [6.07, 6.45) is 4.86. The maximum Gasteiger partial charge on any atom is 0.0951 e. The Morgan fingerprint density at radius 2 is 1.95 bits per heavy atom. The van der Waals surface area contributed by atoms with Gasteiger partial charge in [0.15, 0.2) is 0 Å². The lowest BCUT2D eigenvalue weighted by molar-refractivity contribution is -0.0334. The van der Waals surface area contributed by atoms with Gasteiger partial charge in [0.25, 0.3) is 0 Å². The van der Waals surface area contributed by atoms with Crippen LogP contribution < -0.4 is 0 Å². The molecule has 0 aliphatic carbocycles. The first-order valence-corrected chi connectivity index (χ1v) is 7.81. The van der Waals surface area contributed by atoms with Gasteiger partial charge in [-0.25, -0.2) is 0 Å². The van der Waals surface area contributed by atoms with Crippen LogP contribution in [-0.2, 0) is 0 Å². The van der Waals surface area contributed by atoms with Gasteiger partial charge in [0, 0.05) is 19.2 Å². The van der Waals surface area contributed by atoms with E-state index in [0.717, 1.165) is 32.4 Å². The Balaban J connectivity index is 2.28. The molecule has 1 fully saturated rings. The van der Waals surface area contributed by atoms with Crippen molar-refractivity contribution in [3.63, 3.8) is 0 Å². The summed E-state index contributed by atoms with van der Waals surface area (Å²) in [6.45, 7) is 6.10. The maximum atomic E-state index is 10.2. The highest BCUT2D eigenvalue weighted by atomic mass is 16.3. The highest BCUT2D eigenvalue weighted by Crippen LogP contribution is 2.21. The number of nitrogens with zero attached hydrogens (tertiary/aromatic N) is 1. The first-order chi connectivity index (χ1) is 9.10. The molecule has 1 rings (SSSR count). The van der Waals surface area contributed by atoms with Gasteiger partial charge >= 0.3 is 0 Å².